The summed E-state index contributed by atoms with van der Waals surface area (Å²) in [6.45, 7) is 6.97. The van der Waals surface area contributed by atoms with Crippen molar-refractivity contribution >= 4 is 45.9 Å². The molecule has 0 saturated carbocycles. The molecule has 3 aromatic rings. The van der Waals surface area contributed by atoms with Crippen molar-refractivity contribution in [1.82, 2.24) is 14.8 Å². The number of unbranched alkanes of at least 4 members (excludes halogenated alkanes) is 1. The predicted octanol–water partition coefficient (Wildman–Crippen LogP) is 4.13. The Morgan fingerprint density at radius 2 is 1.89 bits per heavy atom. The Labute approximate surface area is 217 Å². The number of primary amides is 1. The second-order valence-corrected chi connectivity index (χ2v) is 9.69. The molecule has 1 aromatic carbocycles. The van der Waals surface area contributed by atoms with Gasteiger partial charge in [-0.05, 0) is 50.1 Å². The summed E-state index contributed by atoms with van der Waals surface area (Å²) in [5, 5.41) is 12.1. The summed E-state index contributed by atoms with van der Waals surface area (Å²) in [4.78, 5) is 36.8. The van der Waals surface area contributed by atoms with Gasteiger partial charge in [0.05, 0.1) is 29.9 Å². The Bertz CT molecular complexity index is 1240. The summed E-state index contributed by atoms with van der Waals surface area (Å²) >= 11 is 2.16. The Morgan fingerprint density at radius 1 is 1.17 bits per heavy atom. The number of thioether (sulfide) groups is 1. The second kappa shape index (κ2) is 12.5. The Balaban J connectivity index is 1.70. The maximum absolute atomic E-state index is 12.7. The van der Waals surface area contributed by atoms with Crippen molar-refractivity contribution in [3.05, 3.63) is 40.3 Å². The van der Waals surface area contributed by atoms with Gasteiger partial charge in [0.25, 0.3) is 5.91 Å². The number of esters is 1. The summed E-state index contributed by atoms with van der Waals surface area (Å²) in [5.41, 5.74) is 6.78. The summed E-state index contributed by atoms with van der Waals surface area (Å²) in [6.07, 6.45) is 2.08. The first-order chi connectivity index (χ1) is 17.3. The van der Waals surface area contributed by atoms with Crippen molar-refractivity contribution in [3.63, 3.8) is 0 Å². The van der Waals surface area contributed by atoms with Crippen molar-refractivity contribution in [3.8, 4) is 17.1 Å². The van der Waals surface area contributed by atoms with Crippen molar-refractivity contribution in [2.45, 2.75) is 45.3 Å². The Kier molecular flexibility index (Phi) is 9.48. The van der Waals surface area contributed by atoms with E-state index in [4.69, 9.17) is 15.2 Å². The monoisotopic (exact) mass is 531 g/mol. The fourth-order valence-electron chi connectivity index (χ4n) is 3.41. The molecular formula is C24H29N5O5S2. The van der Waals surface area contributed by atoms with Crippen LogP contribution in [-0.4, -0.2) is 52.0 Å². The molecule has 0 radical (unpaired) electrons. The first-order valence-corrected chi connectivity index (χ1v) is 13.2. The smallest absolute Gasteiger partial charge is 0.341 e. The number of ether oxygens (including phenoxy) is 2. The molecule has 192 valence electrons. The molecule has 3 rings (SSSR count). The zero-order chi connectivity index (χ0) is 26.2. The molecule has 0 bridgehead atoms. The normalized spacial score (nSPS) is 10.8. The number of hydrogen-bond acceptors (Lipinski definition) is 9. The van der Waals surface area contributed by atoms with Gasteiger partial charge in [0.2, 0.25) is 5.91 Å². The molecule has 12 heteroatoms. The molecule has 0 spiro atoms. The molecule has 0 aliphatic carbocycles. The van der Waals surface area contributed by atoms with Gasteiger partial charge in [-0.3, -0.25) is 9.59 Å². The fourth-order valence-corrected chi connectivity index (χ4v) is 5.27. The highest BCUT2D eigenvalue weighted by atomic mass is 32.2. The van der Waals surface area contributed by atoms with E-state index in [0.717, 1.165) is 35.5 Å². The lowest BCUT2D eigenvalue weighted by Crippen LogP contribution is -2.16. The van der Waals surface area contributed by atoms with E-state index in [1.807, 2.05) is 35.8 Å². The first kappa shape index (κ1) is 27.2. The predicted molar refractivity (Wildman–Crippen MR) is 140 cm³/mol. The number of carbonyl (C=O) groups excluding carboxylic acids is 3. The standard InChI is InChI=1S/C24H29N5O5S2/c1-5-7-12-34-16-10-8-15(9-11-16)21-27-28-24(29(21)6-2)35-13-17(30)26-22-18(23(32)33-4)14(3)19(36-22)20(25)31/h8-11H,5-7,12-13H2,1-4H3,(H2,25,31)(H,26,30). The third-order valence-corrected chi connectivity index (χ3v) is 7.45. The number of nitrogens with two attached hydrogens (primary N) is 1. The molecule has 3 N–H and O–H groups in total. The minimum atomic E-state index is -0.679. The van der Waals surface area contributed by atoms with E-state index in [2.05, 4.69) is 22.4 Å². The van der Waals surface area contributed by atoms with Gasteiger partial charge in [-0.15, -0.1) is 21.5 Å². The number of methoxy groups -OCH3 is 1. The van der Waals surface area contributed by atoms with Crippen LogP contribution in [0.2, 0.25) is 0 Å². The van der Waals surface area contributed by atoms with Crippen LogP contribution in [0.5, 0.6) is 5.75 Å². The van der Waals surface area contributed by atoms with E-state index >= 15 is 0 Å². The molecule has 10 nitrogen and oxygen atoms in total. The van der Waals surface area contributed by atoms with E-state index in [1.165, 1.54) is 18.9 Å². The third kappa shape index (κ3) is 6.24. The fraction of sp³-hybridized carbons (Fsp3) is 0.375. The molecule has 0 fully saturated rings. The van der Waals surface area contributed by atoms with Crippen molar-refractivity contribution in [2.75, 3.05) is 24.8 Å². The van der Waals surface area contributed by atoms with Gasteiger partial charge in [-0.2, -0.15) is 0 Å². The van der Waals surface area contributed by atoms with Gasteiger partial charge in [0, 0.05) is 12.1 Å². The van der Waals surface area contributed by atoms with Crippen LogP contribution in [0.1, 0.15) is 52.3 Å². The van der Waals surface area contributed by atoms with E-state index in [9.17, 15) is 14.4 Å². The molecule has 0 aliphatic heterocycles. The molecule has 2 heterocycles. The molecule has 0 aliphatic rings. The maximum atomic E-state index is 12.7. The molecule has 36 heavy (non-hydrogen) atoms. The SMILES string of the molecule is CCCCOc1ccc(-c2nnc(SCC(=O)Nc3sc(C(N)=O)c(C)c3C(=O)OC)n2CC)cc1. The topological polar surface area (TPSA) is 138 Å². The van der Waals surface area contributed by atoms with E-state index in [1.54, 1.807) is 6.92 Å². The highest BCUT2D eigenvalue weighted by Gasteiger charge is 2.25. The summed E-state index contributed by atoms with van der Waals surface area (Å²) in [7, 11) is 1.23. The van der Waals surface area contributed by atoms with Crippen LogP contribution in [-0.2, 0) is 16.1 Å². The van der Waals surface area contributed by atoms with Gasteiger partial charge < -0.3 is 25.1 Å². The first-order valence-electron chi connectivity index (χ1n) is 11.4. The summed E-state index contributed by atoms with van der Waals surface area (Å²) in [6, 6.07) is 7.68. The zero-order valence-electron chi connectivity index (χ0n) is 20.6. The number of nitrogens with zero attached hydrogens (tertiary/aromatic N) is 3. The van der Waals surface area contributed by atoms with Crippen LogP contribution in [0.3, 0.4) is 0 Å². The highest BCUT2D eigenvalue weighted by molar-refractivity contribution is 7.99. The van der Waals surface area contributed by atoms with Gasteiger partial charge in [-0.1, -0.05) is 25.1 Å². The Hall–Kier alpha value is -3.38. The van der Waals surface area contributed by atoms with Crippen LogP contribution in [0.4, 0.5) is 5.00 Å². The summed E-state index contributed by atoms with van der Waals surface area (Å²) in [5.74, 6) is -0.198. The van der Waals surface area contributed by atoms with Gasteiger partial charge >= 0.3 is 5.97 Å². The van der Waals surface area contributed by atoms with Crippen LogP contribution in [0.15, 0.2) is 29.4 Å². The number of benzene rings is 1. The maximum Gasteiger partial charge on any atom is 0.341 e. The van der Waals surface area contributed by atoms with E-state index in [-0.39, 0.29) is 27.1 Å². The average molecular weight is 532 g/mol. The van der Waals surface area contributed by atoms with E-state index in [0.29, 0.717) is 29.7 Å². The number of aromatic nitrogens is 3. The quantitative estimate of drug-likeness (QED) is 0.202. The number of nitrogens with one attached hydrogen (secondary N) is 1. The lowest BCUT2D eigenvalue weighted by molar-refractivity contribution is -0.113. The van der Waals surface area contributed by atoms with Crippen LogP contribution < -0.4 is 15.8 Å². The third-order valence-electron chi connectivity index (χ3n) is 5.26. The minimum Gasteiger partial charge on any atom is -0.494 e. The molecule has 2 aromatic heterocycles. The van der Waals surface area contributed by atoms with Gasteiger partial charge in [0.15, 0.2) is 11.0 Å². The second-order valence-electron chi connectivity index (χ2n) is 7.73. The summed E-state index contributed by atoms with van der Waals surface area (Å²) < 4.78 is 12.4. The number of anilines is 1. The average Bonchev–Trinajstić information content (AvgIpc) is 3.43. The molecule has 0 unspecified atom stereocenters. The number of rotatable bonds is 12. The van der Waals surface area contributed by atoms with E-state index < -0.39 is 11.9 Å². The lowest BCUT2D eigenvalue weighted by Gasteiger charge is -2.09. The van der Waals surface area contributed by atoms with Crippen LogP contribution in [0, 0.1) is 6.92 Å². The lowest BCUT2D eigenvalue weighted by atomic mass is 10.1. The largest absolute Gasteiger partial charge is 0.494 e. The van der Waals surface area contributed by atoms with Crippen LogP contribution >= 0.6 is 23.1 Å². The van der Waals surface area contributed by atoms with Crippen LogP contribution in [0.25, 0.3) is 11.4 Å². The highest BCUT2D eigenvalue weighted by Crippen LogP contribution is 2.34. The molecule has 0 atom stereocenters. The number of hydrogen-bond donors (Lipinski definition) is 2. The van der Waals surface area contributed by atoms with Gasteiger partial charge in [-0.25, -0.2) is 4.79 Å². The molecule has 0 saturated heterocycles. The molecular weight excluding hydrogens is 502 g/mol. The number of amides is 2. The zero-order valence-corrected chi connectivity index (χ0v) is 22.3. The number of thiophene rings is 1. The minimum absolute atomic E-state index is 0.0196. The number of carbonyl (C=O) groups is 3. The van der Waals surface area contributed by atoms with Crippen molar-refractivity contribution in [2.24, 2.45) is 5.73 Å². The van der Waals surface area contributed by atoms with Crippen molar-refractivity contribution < 1.29 is 23.9 Å². The van der Waals surface area contributed by atoms with Gasteiger partial charge in [0.1, 0.15) is 10.8 Å². The Morgan fingerprint density at radius 3 is 2.50 bits per heavy atom. The van der Waals surface area contributed by atoms with Crippen molar-refractivity contribution in [1.29, 1.82) is 0 Å². The molecule has 2 amide bonds.